The fraction of sp³-hybridized carbons (Fsp3) is 0.167. The number of carbonyl (C=O) groups excluding carboxylic acids is 1. The first-order valence-corrected chi connectivity index (χ1v) is 6.01. The molecule has 0 spiro atoms. The molecule has 2 aromatic heterocycles. The van der Waals surface area contributed by atoms with Crippen LogP contribution in [0.2, 0.25) is 0 Å². The molecule has 0 atom stereocenters. The Hall–Kier alpha value is -1.68. The fourth-order valence-electron chi connectivity index (χ4n) is 1.30. The van der Waals surface area contributed by atoms with Crippen molar-refractivity contribution in [3.8, 4) is 0 Å². The molecule has 0 aromatic carbocycles. The van der Waals surface area contributed by atoms with Crippen molar-refractivity contribution in [2.75, 3.05) is 0 Å². The third kappa shape index (κ3) is 2.46. The molecular weight excluding hydrogens is 220 g/mol. The second-order valence-electron chi connectivity index (χ2n) is 3.34. The summed E-state index contributed by atoms with van der Waals surface area (Å²) < 4.78 is 1.74. The maximum Gasteiger partial charge on any atom is 0.189 e. The van der Waals surface area contributed by atoms with Crippen LogP contribution in [0.25, 0.3) is 6.08 Å². The number of hydrogen-bond donors (Lipinski definition) is 0. The first kappa shape index (κ1) is 10.8. The van der Waals surface area contributed by atoms with Crippen LogP contribution in [-0.4, -0.2) is 15.6 Å². The molecule has 0 aliphatic heterocycles. The van der Waals surface area contributed by atoms with Crippen LogP contribution < -0.4 is 0 Å². The average molecular weight is 232 g/mol. The van der Waals surface area contributed by atoms with Gasteiger partial charge in [-0.05, 0) is 35.4 Å². The minimum absolute atomic E-state index is 0.00843. The van der Waals surface area contributed by atoms with Gasteiger partial charge in [0, 0.05) is 12.7 Å². The molecule has 2 aromatic rings. The van der Waals surface area contributed by atoms with Gasteiger partial charge in [0.15, 0.2) is 5.78 Å². The predicted molar refractivity (Wildman–Crippen MR) is 65.6 cm³/mol. The summed E-state index contributed by atoms with van der Waals surface area (Å²) in [5.41, 5.74) is 1.69. The third-order valence-corrected chi connectivity index (χ3v) is 2.91. The van der Waals surface area contributed by atoms with Gasteiger partial charge in [-0.25, -0.2) is 0 Å². The second-order valence-corrected chi connectivity index (χ2v) is 4.12. The number of hydrogen-bond acceptors (Lipinski definition) is 3. The number of allylic oxidation sites excluding steroid dienone is 1. The van der Waals surface area contributed by atoms with Gasteiger partial charge >= 0.3 is 0 Å². The van der Waals surface area contributed by atoms with E-state index < -0.39 is 0 Å². The van der Waals surface area contributed by atoms with Gasteiger partial charge in [0.25, 0.3) is 0 Å². The van der Waals surface area contributed by atoms with Crippen molar-refractivity contribution in [3.05, 3.63) is 46.4 Å². The van der Waals surface area contributed by atoms with Crippen molar-refractivity contribution in [1.82, 2.24) is 9.78 Å². The zero-order chi connectivity index (χ0) is 11.4. The van der Waals surface area contributed by atoms with Gasteiger partial charge in [0.05, 0.1) is 11.8 Å². The molecule has 0 fully saturated rings. The number of ketones is 1. The van der Waals surface area contributed by atoms with E-state index in [1.54, 1.807) is 34.5 Å². The first-order valence-electron chi connectivity index (χ1n) is 5.06. The second kappa shape index (κ2) is 4.90. The highest BCUT2D eigenvalue weighted by Gasteiger charge is 2.04. The minimum Gasteiger partial charge on any atom is -0.289 e. The van der Waals surface area contributed by atoms with Crippen LogP contribution in [0.4, 0.5) is 0 Å². The summed E-state index contributed by atoms with van der Waals surface area (Å²) in [7, 11) is 0. The quantitative estimate of drug-likeness (QED) is 0.600. The molecule has 0 amide bonds. The normalized spacial score (nSPS) is 11.1. The van der Waals surface area contributed by atoms with Gasteiger partial charge < -0.3 is 0 Å². The molecular formula is C12H12N2OS. The van der Waals surface area contributed by atoms with Gasteiger partial charge in [-0.3, -0.25) is 9.48 Å². The van der Waals surface area contributed by atoms with Gasteiger partial charge in [-0.1, -0.05) is 6.08 Å². The van der Waals surface area contributed by atoms with Crippen LogP contribution in [0.1, 0.15) is 22.8 Å². The van der Waals surface area contributed by atoms with Gasteiger partial charge in [0.1, 0.15) is 0 Å². The van der Waals surface area contributed by atoms with Gasteiger partial charge in [-0.15, -0.1) is 0 Å². The van der Waals surface area contributed by atoms with Crippen molar-refractivity contribution >= 4 is 23.2 Å². The Morgan fingerprint density at radius 2 is 2.50 bits per heavy atom. The van der Waals surface area contributed by atoms with Crippen LogP contribution >= 0.6 is 11.3 Å². The fourth-order valence-corrected chi connectivity index (χ4v) is 1.93. The molecule has 2 rings (SSSR count). The lowest BCUT2D eigenvalue weighted by molar-refractivity contribution is 0.104. The van der Waals surface area contributed by atoms with Crippen molar-refractivity contribution in [1.29, 1.82) is 0 Å². The first-order chi connectivity index (χ1) is 7.79. The summed E-state index contributed by atoms with van der Waals surface area (Å²) in [5, 5.41) is 8.05. The standard InChI is InChI=1S/C12H12N2OS/c1-2-14-8-11(7-13-14)12(15)4-3-10-5-6-16-9-10/h3-9H,2H2,1H3/b4-3+. The molecule has 0 saturated heterocycles. The zero-order valence-corrected chi connectivity index (χ0v) is 9.78. The molecule has 0 radical (unpaired) electrons. The zero-order valence-electron chi connectivity index (χ0n) is 8.96. The molecule has 0 N–H and O–H groups in total. The molecule has 0 aliphatic rings. The lowest BCUT2D eigenvalue weighted by Crippen LogP contribution is -1.94. The molecule has 16 heavy (non-hydrogen) atoms. The Bertz CT molecular complexity index is 497. The van der Waals surface area contributed by atoms with Crippen LogP contribution in [0, 0.1) is 0 Å². The minimum atomic E-state index is -0.00843. The Kier molecular flexibility index (Phi) is 3.31. The van der Waals surface area contributed by atoms with E-state index in [4.69, 9.17) is 0 Å². The number of carbonyl (C=O) groups is 1. The molecule has 2 heterocycles. The highest BCUT2D eigenvalue weighted by molar-refractivity contribution is 7.08. The number of aromatic nitrogens is 2. The van der Waals surface area contributed by atoms with E-state index in [1.807, 2.05) is 29.8 Å². The topological polar surface area (TPSA) is 34.9 Å². The van der Waals surface area contributed by atoms with E-state index in [1.165, 1.54) is 0 Å². The third-order valence-electron chi connectivity index (χ3n) is 2.21. The Morgan fingerprint density at radius 3 is 3.12 bits per heavy atom. The van der Waals surface area contributed by atoms with E-state index in [0.29, 0.717) is 5.56 Å². The number of rotatable bonds is 4. The summed E-state index contributed by atoms with van der Waals surface area (Å²) in [5.74, 6) is -0.00843. The molecule has 3 nitrogen and oxygen atoms in total. The number of nitrogens with zero attached hydrogens (tertiary/aromatic N) is 2. The molecule has 0 bridgehead atoms. The van der Waals surface area contributed by atoms with Crippen LogP contribution in [-0.2, 0) is 6.54 Å². The average Bonchev–Trinajstić information content (AvgIpc) is 2.96. The maximum atomic E-state index is 11.7. The van der Waals surface area contributed by atoms with E-state index in [2.05, 4.69) is 5.10 Å². The Morgan fingerprint density at radius 1 is 1.62 bits per heavy atom. The SMILES string of the molecule is CCn1cc(C(=O)/C=C/c2ccsc2)cn1. The highest BCUT2D eigenvalue weighted by Crippen LogP contribution is 2.09. The number of thiophene rings is 1. The van der Waals surface area contributed by atoms with Crippen LogP contribution in [0.3, 0.4) is 0 Å². The largest absolute Gasteiger partial charge is 0.289 e. The van der Waals surface area contributed by atoms with E-state index in [0.717, 1.165) is 12.1 Å². The summed E-state index contributed by atoms with van der Waals surface area (Å²) in [6.07, 6.45) is 6.77. The summed E-state index contributed by atoms with van der Waals surface area (Å²) in [4.78, 5) is 11.7. The van der Waals surface area contributed by atoms with Gasteiger partial charge in [-0.2, -0.15) is 16.4 Å². The maximum absolute atomic E-state index is 11.7. The van der Waals surface area contributed by atoms with E-state index >= 15 is 0 Å². The van der Waals surface area contributed by atoms with E-state index in [9.17, 15) is 4.79 Å². The summed E-state index contributed by atoms with van der Waals surface area (Å²) in [6.45, 7) is 2.77. The van der Waals surface area contributed by atoms with Crippen LogP contribution in [0.15, 0.2) is 35.3 Å². The number of aryl methyl sites for hydroxylation is 1. The smallest absolute Gasteiger partial charge is 0.189 e. The lowest BCUT2D eigenvalue weighted by atomic mass is 10.2. The highest BCUT2D eigenvalue weighted by atomic mass is 32.1. The predicted octanol–water partition coefficient (Wildman–Crippen LogP) is 2.86. The van der Waals surface area contributed by atoms with Crippen molar-refractivity contribution in [3.63, 3.8) is 0 Å². The monoisotopic (exact) mass is 232 g/mol. The van der Waals surface area contributed by atoms with Gasteiger partial charge in [0.2, 0.25) is 0 Å². The molecule has 0 saturated carbocycles. The van der Waals surface area contributed by atoms with Crippen molar-refractivity contribution in [2.45, 2.75) is 13.5 Å². The lowest BCUT2D eigenvalue weighted by Gasteiger charge is -1.90. The van der Waals surface area contributed by atoms with Crippen molar-refractivity contribution < 1.29 is 4.79 Å². The van der Waals surface area contributed by atoms with Crippen molar-refractivity contribution in [2.24, 2.45) is 0 Å². The summed E-state index contributed by atoms with van der Waals surface area (Å²) >= 11 is 1.62. The van der Waals surface area contributed by atoms with E-state index in [-0.39, 0.29) is 5.78 Å². The summed E-state index contributed by atoms with van der Waals surface area (Å²) in [6, 6.07) is 1.98. The molecule has 0 unspecified atom stereocenters. The van der Waals surface area contributed by atoms with Crippen LogP contribution in [0.5, 0.6) is 0 Å². The molecule has 4 heteroatoms. The Labute approximate surface area is 98.0 Å². The molecule has 0 aliphatic carbocycles. The molecule has 82 valence electrons. The Balaban J connectivity index is 2.08.